The maximum atomic E-state index is 12.9. The number of carbonyl (C=O) groups is 2. The van der Waals surface area contributed by atoms with E-state index in [9.17, 15) is 9.59 Å². The Kier molecular flexibility index (Phi) is 6.00. The molecule has 1 fully saturated rings. The Hall–Kier alpha value is -2.69. The highest BCUT2D eigenvalue weighted by molar-refractivity contribution is 6.00. The molecule has 5 heteroatoms. The van der Waals surface area contributed by atoms with Crippen molar-refractivity contribution >= 4 is 11.7 Å². The first kappa shape index (κ1) is 18.1. The number of piperidine rings is 1. The number of hydrogen-bond donors (Lipinski definition) is 0. The van der Waals surface area contributed by atoms with Crippen molar-refractivity contribution < 1.29 is 14.3 Å². The first-order valence-corrected chi connectivity index (χ1v) is 9.03. The second-order valence-electron chi connectivity index (χ2n) is 6.60. The first-order valence-electron chi connectivity index (χ1n) is 9.03. The smallest absolute Gasteiger partial charge is 0.222 e. The molecule has 1 saturated heterocycles. The van der Waals surface area contributed by atoms with E-state index in [0.717, 1.165) is 24.9 Å². The Morgan fingerprint density at radius 3 is 2.73 bits per heavy atom. The minimum atomic E-state index is -0.162. The minimum absolute atomic E-state index is 0.0640. The van der Waals surface area contributed by atoms with Gasteiger partial charge in [-0.1, -0.05) is 12.1 Å². The van der Waals surface area contributed by atoms with Gasteiger partial charge in [0.1, 0.15) is 5.75 Å². The van der Waals surface area contributed by atoms with Gasteiger partial charge in [0.15, 0.2) is 5.78 Å². The van der Waals surface area contributed by atoms with Crippen molar-refractivity contribution in [1.29, 1.82) is 0 Å². The van der Waals surface area contributed by atoms with Gasteiger partial charge in [-0.25, -0.2) is 0 Å². The predicted octanol–water partition coefficient (Wildman–Crippen LogP) is 3.14. The third-order valence-corrected chi connectivity index (χ3v) is 4.89. The Labute approximate surface area is 154 Å². The molecule has 2 aromatic rings. The number of aromatic nitrogens is 1. The zero-order valence-electron chi connectivity index (χ0n) is 15.1. The van der Waals surface area contributed by atoms with Crippen LogP contribution >= 0.6 is 0 Å². The number of Topliss-reactive ketones (excluding diaryl/α,β-unsaturated/α-hetero) is 1. The Balaban J connectivity index is 1.61. The molecule has 1 amide bonds. The molecule has 0 aliphatic carbocycles. The van der Waals surface area contributed by atoms with Gasteiger partial charge in [0.25, 0.3) is 0 Å². The highest BCUT2D eigenvalue weighted by atomic mass is 16.5. The second kappa shape index (κ2) is 8.61. The van der Waals surface area contributed by atoms with Crippen molar-refractivity contribution in [2.24, 2.45) is 5.92 Å². The van der Waals surface area contributed by atoms with E-state index in [-0.39, 0.29) is 17.6 Å². The van der Waals surface area contributed by atoms with Gasteiger partial charge in [-0.3, -0.25) is 14.6 Å². The van der Waals surface area contributed by atoms with Crippen molar-refractivity contribution in [3.63, 3.8) is 0 Å². The number of amides is 1. The molecule has 0 radical (unpaired) electrons. The zero-order valence-corrected chi connectivity index (χ0v) is 15.1. The Morgan fingerprint density at radius 1 is 1.19 bits per heavy atom. The van der Waals surface area contributed by atoms with Crippen LogP contribution in [0.5, 0.6) is 5.75 Å². The number of aryl methyl sites for hydroxylation is 1. The second-order valence-corrected chi connectivity index (χ2v) is 6.60. The van der Waals surface area contributed by atoms with Crippen molar-refractivity contribution in [3.05, 3.63) is 59.9 Å². The number of hydrogen-bond acceptors (Lipinski definition) is 4. The van der Waals surface area contributed by atoms with Crippen LogP contribution in [-0.2, 0) is 11.2 Å². The van der Waals surface area contributed by atoms with E-state index in [1.54, 1.807) is 31.6 Å². The normalized spacial score (nSPS) is 17.0. The van der Waals surface area contributed by atoms with Crippen LogP contribution in [0.15, 0.2) is 48.8 Å². The van der Waals surface area contributed by atoms with E-state index in [4.69, 9.17) is 4.74 Å². The Morgan fingerprint density at radius 2 is 1.96 bits per heavy atom. The number of methoxy groups -OCH3 is 1. The number of rotatable bonds is 6. The molecule has 1 atom stereocenters. The predicted molar refractivity (Wildman–Crippen MR) is 99.2 cm³/mol. The minimum Gasteiger partial charge on any atom is -0.496 e. The summed E-state index contributed by atoms with van der Waals surface area (Å²) >= 11 is 0. The third kappa shape index (κ3) is 4.28. The summed E-state index contributed by atoms with van der Waals surface area (Å²) in [4.78, 5) is 31.3. The fourth-order valence-corrected chi connectivity index (χ4v) is 3.44. The lowest BCUT2D eigenvalue weighted by molar-refractivity contribution is -0.132. The average Bonchev–Trinajstić information content (AvgIpc) is 2.72. The molecule has 1 aliphatic rings. The SMILES string of the molecule is COc1ccccc1C(=O)C1CCCN(C(=O)CCc2ccncc2)C1. The average molecular weight is 352 g/mol. The summed E-state index contributed by atoms with van der Waals surface area (Å²) < 4.78 is 5.31. The van der Waals surface area contributed by atoms with Crippen LogP contribution in [0.4, 0.5) is 0 Å². The van der Waals surface area contributed by atoms with E-state index < -0.39 is 0 Å². The van der Waals surface area contributed by atoms with Gasteiger partial charge < -0.3 is 9.64 Å². The number of benzene rings is 1. The molecular formula is C21H24N2O3. The topological polar surface area (TPSA) is 59.5 Å². The van der Waals surface area contributed by atoms with Crippen LogP contribution in [0.3, 0.4) is 0 Å². The van der Waals surface area contributed by atoms with E-state index in [1.807, 2.05) is 29.2 Å². The van der Waals surface area contributed by atoms with Gasteiger partial charge in [0.05, 0.1) is 12.7 Å². The summed E-state index contributed by atoms with van der Waals surface area (Å²) in [6.45, 7) is 1.22. The van der Waals surface area contributed by atoms with Crippen LogP contribution in [0.2, 0.25) is 0 Å². The lowest BCUT2D eigenvalue weighted by Crippen LogP contribution is -2.42. The monoisotopic (exact) mass is 352 g/mol. The summed E-state index contributed by atoms with van der Waals surface area (Å²) in [7, 11) is 1.57. The molecule has 0 saturated carbocycles. The fourth-order valence-electron chi connectivity index (χ4n) is 3.44. The van der Waals surface area contributed by atoms with Crippen molar-refractivity contribution in [3.8, 4) is 5.75 Å². The van der Waals surface area contributed by atoms with Crippen LogP contribution < -0.4 is 4.74 Å². The van der Waals surface area contributed by atoms with Crippen molar-refractivity contribution in [2.45, 2.75) is 25.7 Å². The maximum Gasteiger partial charge on any atom is 0.222 e. The molecule has 136 valence electrons. The van der Waals surface area contributed by atoms with E-state index in [2.05, 4.69) is 4.98 Å². The number of likely N-dealkylation sites (tertiary alicyclic amines) is 1. The van der Waals surface area contributed by atoms with E-state index in [0.29, 0.717) is 30.7 Å². The maximum absolute atomic E-state index is 12.9. The van der Waals surface area contributed by atoms with E-state index in [1.165, 1.54) is 0 Å². The van der Waals surface area contributed by atoms with Crippen molar-refractivity contribution in [1.82, 2.24) is 9.88 Å². The molecule has 2 heterocycles. The Bertz CT molecular complexity index is 761. The molecule has 1 unspecified atom stereocenters. The molecule has 0 N–H and O–H groups in total. The van der Waals surface area contributed by atoms with E-state index >= 15 is 0 Å². The third-order valence-electron chi connectivity index (χ3n) is 4.89. The highest BCUT2D eigenvalue weighted by Crippen LogP contribution is 2.26. The van der Waals surface area contributed by atoms with Gasteiger partial charge in [0, 0.05) is 37.8 Å². The number of nitrogens with zero attached hydrogens (tertiary/aromatic N) is 2. The molecule has 1 aromatic carbocycles. The van der Waals surface area contributed by atoms with Crippen LogP contribution in [0.1, 0.15) is 35.2 Å². The van der Waals surface area contributed by atoms with Crippen molar-refractivity contribution in [2.75, 3.05) is 20.2 Å². The molecule has 5 nitrogen and oxygen atoms in total. The van der Waals surface area contributed by atoms with Crippen LogP contribution in [-0.4, -0.2) is 41.8 Å². The lowest BCUT2D eigenvalue weighted by atomic mass is 9.89. The molecule has 0 bridgehead atoms. The number of ketones is 1. The number of pyridine rings is 1. The number of ether oxygens (including phenoxy) is 1. The largest absolute Gasteiger partial charge is 0.496 e. The molecular weight excluding hydrogens is 328 g/mol. The summed E-state index contributed by atoms with van der Waals surface area (Å²) in [6.07, 6.45) is 6.30. The van der Waals surface area contributed by atoms with Gasteiger partial charge in [0.2, 0.25) is 5.91 Å². The highest BCUT2D eigenvalue weighted by Gasteiger charge is 2.30. The first-order chi connectivity index (χ1) is 12.7. The quantitative estimate of drug-likeness (QED) is 0.750. The van der Waals surface area contributed by atoms with Crippen LogP contribution in [0, 0.1) is 5.92 Å². The summed E-state index contributed by atoms with van der Waals surface area (Å²) in [5.41, 5.74) is 1.71. The fraction of sp³-hybridized carbons (Fsp3) is 0.381. The lowest BCUT2D eigenvalue weighted by Gasteiger charge is -2.32. The molecule has 1 aromatic heterocycles. The zero-order chi connectivity index (χ0) is 18.4. The molecule has 1 aliphatic heterocycles. The van der Waals surface area contributed by atoms with Gasteiger partial charge in [-0.15, -0.1) is 0 Å². The van der Waals surface area contributed by atoms with Crippen LogP contribution in [0.25, 0.3) is 0 Å². The molecule has 0 spiro atoms. The van der Waals surface area contributed by atoms with Gasteiger partial charge in [-0.2, -0.15) is 0 Å². The molecule has 26 heavy (non-hydrogen) atoms. The number of carbonyl (C=O) groups excluding carboxylic acids is 2. The van der Waals surface area contributed by atoms with Gasteiger partial charge in [-0.05, 0) is 49.1 Å². The van der Waals surface area contributed by atoms with Gasteiger partial charge >= 0.3 is 0 Å². The number of para-hydroxylation sites is 1. The standard InChI is InChI=1S/C21H24N2O3/c1-26-19-7-3-2-6-18(19)21(25)17-5-4-14-23(15-17)20(24)9-8-16-10-12-22-13-11-16/h2-3,6-7,10-13,17H,4-5,8-9,14-15H2,1H3. The summed E-state index contributed by atoms with van der Waals surface area (Å²) in [6, 6.07) is 11.1. The summed E-state index contributed by atoms with van der Waals surface area (Å²) in [5, 5.41) is 0. The summed E-state index contributed by atoms with van der Waals surface area (Å²) in [5.74, 6) is 0.608. The molecule has 3 rings (SSSR count).